The Labute approximate surface area is 84.5 Å². The first-order chi connectivity index (χ1) is 6.65. The number of hydrogen-bond donors (Lipinski definition) is 0. The maximum atomic E-state index is 12.7. The first kappa shape index (κ1) is 9.48. The molecule has 0 unspecified atom stereocenters. The first-order valence-electron chi connectivity index (χ1n) is 4.67. The van der Waals surface area contributed by atoms with E-state index >= 15 is 0 Å². The molecule has 1 nitrogen and oxygen atoms in total. The molecule has 0 saturated heterocycles. The molecule has 0 atom stereocenters. The third-order valence-electron chi connectivity index (χ3n) is 2.68. The summed E-state index contributed by atoms with van der Waals surface area (Å²) in [5.41, 5.74) is 0. The average Bonchev–Trinajstić information content (AvgIpc) is 2.49. The Morgan fingerprint density at radius 2 is 1.43 bits per heavy atom. The van der Waals surface area contributed by atoms with E-state index in [4.69, 9.17) is 0 Å². The Bertz CT molecular complexity index is 432. The summed E-state index contributed by atoms with van der Waals surface area (Å²) in [6, 6.07) is 9.72. The smallest absolute Gasteiger partial charge is 0.162 e. The van der Waals surface area contributed by atoms with Gasteiger partial charge in [-0.2, -0.15) is 0 Å². The molecule has 1 aromatic rings. The monoisotopic (exact) mass is 204 g/mol. The van der Waals surface area contributed by atoms with Gasteiger partial charge in [-0.15, -0.1) is 0 Å². The first-order valence-corrected chi connectivity index (χ1v) is 6.38. The van der Waals surface area contributed by atoms with E-state index in [1.54, 1.807) is 0 Å². The fraction of sp³-hybridized carbons (Fsp3) is 0.167. The zero-order valence-corrected chi connectivity index (χ0v) is 9.29. The van der Waals surface area contributed by atoms with Crippen LogP contribution >= 0.6 is 7.14 Å². The van der Waals surface area contributed by atoms with Gasteiger partial charge in [-0.05, 0) is 24.5 Å². The van der Waals surface area contributed by atoms with E-state index in [1.807, 2.05) is 56.3 Å². The second-order valence-corrected chi connectivity index (χ2v) is 6.71. The topological polar surface area (TPSA) is 17.1 Å². The lowest BCUT2D eigenvalue weighted by Crippen LogP contribution is -2.03. The molecule has 0 saturated carbocycles. The Kier molecular flexibility index (Phi) is 2.20. The minimum absolute atomic E-state index is 0.944. The summed E-state index contributed by atoms with van der Waals surface area (Å²) in [5.74, 6) is 0. The van der Waals surface area contributed by atoms with Crippen LogP contribution in [0, 0.1) is 0 Å². The Morgan fingerprint density at radius 1 is 0.929 bits per heavy atom. The standard InChI is InChI=1S/C12H13OP/c1-10-8-9-11(2)14(10,13)12-6-4-3-5-7-12/h3-9H,1-2H3. The van der Waals surface area contributed by atoms with Crippen molar-refractivity contribution in [2.24, 2.45) is 0 Å². The maximum Gasteiger partial charge on any atom is 0.162 e. The molecular weight excluding hydrogens is 191 g/mol. The second-order valence-electron chi connectivity index (χ2n) is 3.56. The van der Waals surface area contributed by atoms with Gasteiger partial charge >= 0.3 is 0 Å². The van der Waals surface area contributed by atoms with E-state index in [-0.39, 0.29) is 0 Å². The van der Waals surface area contributed by atoms with E-state index in [0.717, 1.165) is 15.9 Å². The van der Waals surface area contributed by atoms with Gasteiger partial charge in [0.2, 0.25) is 0 Å². The fourth-order valence-corrected chi connectivity index (χ4v) is 4.31. The molecule has 0 aromatic heterocycles. The Morgan fingerprint density at radius 3 is 1.93 bits per heavy atom. The van der Waals surface area contributed by atoms with Crippen molar-refractivity contribution >= 4 is 12.4 Å². The van der Waals surface area contributed by atoms with Crippen LogP contribution in [0.4, 0.5) is 0 Å². The summed E-state index contributed by atoms with van der Waals surface area (Å²) in [6.07, 6.45) is 3.92. The van der Waals surface area contributed by atoms with Gasteiger partial charge in [0.15, 0.2) is 7.14 Å². The lowest BCUT2D eigenvalue weighted by atomic mass is 10.4. The largest absolute Gasteiger partial charge is 0.309 e. The molecule has 0 radical (unpaired) electrons. The van der Waals surface area contributed by atoms with Crippen LogP contribution in [-0.2, 0) is 4.57 Å². The average molecular weight is 204 g/mol. The van der Waals surface area contributed by atoms with Crippen molar-refractivity contribution < 1.29 is 4.57 Å². The predicted octanol–water partition coefficient (Wildman–Crippen LogP) is 3.50. The van der Waals surface area contributed by atoms with E-state index in [1.165, 1.54) is 0 Å². The minimum Gasteiger partial charge on any atom is -0.309 e. The van der Waals surface area contributed by atoms with Crippen molar-refractivity contribution in [3.8, 4) is 0 Å². The van der Waals surface area contributed by atoms with Crippen LogP contribution in [-0.4, -0.2) is 0 Å². The van der Waals surface area contributed by atoms with Crippen LogP contribution in [0.5, 0.6) is 0 Å². The van der Waals surface area contributed by atoms with Gasteiger partial charge in [-0.3, -0.25) is 0 Å². The van der Waals surface area contributed by atoms with Gasteiger partial charge < -0.3 is 4.57 Å². The molecule has 1 aliphatic rings. The highest BCUT2D eigenvalue weighted by Crippen LogP contribution is 2.62. The highest BCUT2D eigenvalue weighted by molar-refractivity contribution is 7.79. The van der Waals surface area contributed by atoms with Crippen molar-refractivity contribution in [3.05, 3.63) is 53.1 Å². The zero-order valence-electron chi connectivity index (χ0n) is 8.40. The molecule has 0 bridgehead atoms. The summed E-state index contributed by atoms with van der Waals surface area (Å²) >= 11 is 0. The molecule has 14 heavy (non-hydrogen) atoms. The second kappa shape index (κ2) is 3.25. The molecule has 72 valence electrons. The molecule has 0 spiro atoms. The van der Waals surface area contributed by atoms with Gasteiger partial charge in [-0.25, -0.2) is 0 Å². The lowest BCUT2D eigenvalue weighted by molar-refractivity contribution is 0.589. The van der Waals surface area contributed by atoms with Crippen molar-refractivity contribution in [1.82, 2.24) is 0 Å². The van der Waals surface area contributed by atoms with Crippen LogP contribution in [0.1, 0.15) is 13.8 Å². The maximum absolute atomic E-state index is 12.7. The predicted molar refractivity (Wildman–Crippen MR) is 61.2 cm³/mol. The number of hydrogen-bond acceptors (Lipinski definition) is 1. The molecule has 0 aliphatic carbocycles. The third kappa shape index (κ3) is 1.20. The number of rotatable bonds is 1. The summed E-state index contributed by atoms with van der Waals surface area (Å²) in [5, 5.41) is 2.92. The Hall–Kier alpha value is -1.07. The number of benzene rings is 1. The van der Waals surface area contributed by atoms with E-state index in [9.17, 15) is 4.57 Å². The molecule has 2 heteroatoms. The van der Waals surface area contributed by atoms with E-state index < -0.39 is 7.14 Å². The van der Waals surface area contributed by atoms with Gasteiger partial charge in [0.05, 0.1) is 0 Å². The summed E-state index contributed by atoms with van der Waals surface area (Å²) < 4.78 is 12.7. The zero-order chi connectivity index (χ0) is 10.2. The molecule has 0 fully saturated rings. The van der Waals surface area contributed by atoms with Gasteiger partial charge in [0, 0.05) is 5.30 Å². The van der Waals surface area contributed by atoms with Gasteiger partial charge in [0.25, 0.3) is 0 Å². The van der Waals surface area contributed by atoms with Gasteiger partial charge in [-0.1, -0.05) is 42.5 Å². The summed E-state index contributed by atoms with van der Waals surface area (Å²) in [6.45, 7) is 3.89. The molecule has 0 amide bonds. The van der Waals surface area contributed by atoms with Crippen LogP contribution in [0.2, 0.25) is 0 Å². The summed E-state index contributed by atoms with van der Waals surface area (Å²) in [7, 11) is -2.38. The van der Waals surface area contributed by atoms with E-state index in [2.05, 4.69) is 0 Å². The van der Waals surface area contributed by atoms with Crippen LogP contribution in [0.25, 0.3) is 0 Å². The SMILES string of the molecule is CC1=CC=C(C)P1(=O)c1ccccc1. The molecule has 1 aromatic carbocycles. The normalized spacial score (nSPS) is 19.0. The van der Waals surface area contributed by atoms with Gasteiger partial charge in [0.1, 0.15) is 0 Å². The molecular formula is C12H13OP. The highest BCUT2D eigenvalue weighted by atomic mass is 31.2. The lowest BCUT2D eigenvalue weighted by Gasteiger charge is -2.16. The molecule has 2 rings (SSSR count). The molecule has 1 aliphatic heterocycles. The van der Waals surface area contributed by atoms with Crippen LogP contribution < -0.4 is 5.30 Å². The highest BCUT2D eigenvalue weighted by Gasteiger charge is 2.31. The molecule has 1 heterocycles. The van der Waals surface area contributed by atoms with Crippen molar-refractivity contribution in [1.29, 1.82) is 0 Å². The third-order valence-corrected chi connectivity index (χ3v) is 5.99. The van der Waals surface area contributed by atoms with Crippen molar-refractivity contribution in [3.63, 3.8) is 0 Å². The van der Waals surface area contributed by atoms with Crippen LogP contribution in [0.3, 0.4) is 0 Å². The fourth-order valence-electron chi connectivity index (χ4n) is 1.77. The van der Waals surface area contributed by atoms with Crippen molar-refractivity contribution in [2.45, 2.75) is 13.8 Å². The molecule has 0 N–H and O–H groups in total. The summed E-state index contributed by atoms with van der Waals surface area (Å²) in [4.78, 5) is 0. The quantitative estimate of drug-likeness (QED) is 0.640. The minimum atomic E-state index is -2.38. The van der Waals surface area contributed by atoms with Crippen LogP contribution in [0.15, 0.2) is 53.1 Å². The van der Waals surface area contributed by atoms with Crippen molar-refractivity contribution in [2.75, 3.05) is 0 Å². The Balaban J connectivity index is 2.59. The van der Waals surface area contributed by atoms with E-state index in [0.29, 0.717) is 0 Å². The number of allylic oxidation sites excluding steroid dienone is 4.